The van der Waals surface area contributed by atoms with Gasteiger partial charge in [-0.15, -0.1) is 11.3 Å². The Kier molecular flexibility index (Phi) is 8.85. The average molecular weight is 618 g/mol. The van der Waals surface area contributed by atoms with Crippen LogP contribution in [0.4, 0.5) is 16.2 Å². The maximum Gasteiger partial charge on any atom is 0.333 e. The number of ether oxygens (including phenoxy) is 1. The van der Waals surface area contributed by atoms with Gasteiger partial charge >= 0.3 is 6.03 Å². The standard InChI is InChI=1S/C26H28ClN7O5S2/c1-17-30-21-15-18(28-9-2-10-33-11-13-39-14-12-33)3-5-20(21)25(35)34(17)23-7-4-19(16-29-23)31-26(36)32-41(37,38)24-8-6-22(27)40-24/h3-8,15-16,28H,2,9-14H2,1H3,(H2,31,32,36). The highest BCUT2D eigenvalue weighted by Crippen LogP contribution is 2.25. The molecule has 5 rings (SSSR count). The predicted molar refractivity (Wildman–Crippen MR) is 159 cm³/mol. The zero-order chi connectivity index (χ0) is 29.0. The molecule has 216 valence electrons. The van der Waals surface area contributed by atoms with Crippen LogP contribution >= 0.6 is 22.9 Å². The number of nitrogens with one attached hydrogen (secondary N) is 3. The lowest BCUT2D eigenvalue weighted by atomic mass is 10.2. The second-order valence-electron chi connectivity index (χ2n) is 9.29. The van der Waals surface area contributed by atoms with Gasteiger partial charge in [-0.1, -0.05) is 11.6 Å². The number of carbonyl (C=O) groups is 1. The molecule has 1 aliphatic rings. The number of nitrogens with zero attached hydrogens (tertiary/aromatic N) is 4. The fraction of sp³-hybridized carbons (Fsp3) is 0.308. The molecule has 1 fully saturated rings. The Morgan fingerprint density at radius 1 is 1.12 bits per heavy atom. The number of urea groups is 1. The van der Waals surface area contributed by atoms with Crippen molar-refractivity contribution in [3.05, 3.63) is 69.2 Å². The van der Waals surface area contributed by atoms with Crippen LogP contribution in [0.15, 0.2) is 57.7 Å². The summed E-state index contributed by atoms with van der Waals surface area (Å²) in [6.07, 6.45) is 2.31. The van der Waals surface area contributed by atoms with E-state index in [4.69, 9.17) is 16.3 Å². The molecule has 2 amide bonds. The minimum Gasteiger partial charge on any atom is -0.385 e. The van der Waals surface area contributed by atoms with Gasteiger partial charge < -0.3 is 15.4 Å². The zero-order valence-corrected chi connectivity index (χ0v) is 24.5. The molecule has 12 nitrogen and oxygen atoms in total. The van der Waals surface area contributed by atoms with Gasteiger partial charge in [0, 0.05) is 25.3 Å². The number of aryl methyl sites for hydroxylation is 1. The number of carbonyl (C=O) groups excluding carboxylic acids is 1. The predicted octanol–water partition coefficient (Wildman–Crippen LogP) is 3.45. The summed E-state index contributed by atoms with van der Waals surface area (Å²) in [6.45, 7) is 7.01. The highest BCUT2D eigenvalue weighted by atomic mass is 35.5. The lowest BCUT2D eigenvalue weighted by Gasteiger charge is -2.26. The monoisotopic (exact) mass is 617 g/mol. The molecule has 0 atom stereocenters. The lowest BCUT2D eigenvalue weighted by Crippen LogP contribution is -2.37. The number of amides is 2. The Hall–Kier alpha value is -3.56. The van der Waals surface area contributed by atoms with Crippen molar-refractivity contribution in [2.75, 3.05) is 50.0 Å². The minimum atomic E-state index is -4.07. The largest absolute Gasteiger partial charge is 0.385 e. The van der Waals surface area contributed by atoms with Crippen LogP contribution in [0.2, 0.25) is 4.34 Å². The van der Waals surface area contributed by atoms with E-state index < -0.39 is 16.1 Å². The van der Waals surface area contributed by atoms with E-state index in [0.717, 1.165) is 62.8 Å². The Labute approximate surface area is 245 Å². The van der Waals surface area contributed by atoms with Crippen LogP contribution in [-0.4, -0.2) is 73.3 Å². The highest BCUT2D eigenvalue weighted by Gasteiger charge is 2.20. The van der Waals surface area contributed by atoms with Crippen LogP contribution in [0.25, 0.3) is 16.7 Å². The van der Waals surface area contributed by atoms with Crippen molar-refractivity contribution >= 4 is 61.3 Å². The molecule has 3 aromatic heterocycles. The van der Waals surface area contributed by atoms with E-state index in [1.54, 1.807) is 13.0 Å². The third-order valence-electron chi connectivity index (χ3n) is 6.40. The van der Waals surface area contributed by atoms with E-state index in [0.29, 0.717) is 22.5 Å². The molecular weight excluding hydrogens is 590 g/mol. The Balaban J connectivity index is 1.24. The maximum atomic E-state index is 13.3. The maximum absolute atomic E-state index is 13.3. The summed E-state index contributed by atoms with van der Waals surface area (Å²) in [5, 5.41) is 6.27. The highest BCUT2D eigenvalue weighted by molar-refractivity contribution is 7.92. The van der Waals surface area contributed by atoms with Crippen molar-refractivity contribution < 1.29 is 17.9 Å². The molecule has 1 saturated heterocycles. The second kappa shape index (κ2) is 12.5. The van der Waals surface area contributed by atoms with Crippen LogP contribution in [0.1, 0.15) is 12.2 Å². The van der Waals surface area contributed by atoms with E-state index in [-0.39, 0.29) is 19.8 Å². The molecule has 15 heteroatoms. The number of hydrogen-bond acceptors (Lipinski definition) is 10. The number of sulfonamides is 1. The summed E-state index contributed by atoms with van der Waals surface area (Å²) in [6, 6.07) is 10.3. The van der Waals surface area contributed by atoms with Gasteiger partial charge in [0.05, 0.1) is 40.3 Å². The number of benzene rings is 1. The van der Waals surface area contributed by atoms with Gasteiger partial charge in [0.1, 0.15) is 15.9 Å². The van der Waals surface area contributed by atoms with Crippen LogP contribution in [-0.2, 0) is 14.8 Å². The Morgan fingerprint density at radius 2 is 1.90 bits per heavy atom. The molecule has 41 heavy (non-hydrogen) atoms. The first-order chi connectivity index (χ1) is 19.7. The number of anilines is 2. The SMILES string of the molecule is Cc1nc2cc(NCCCN3CCOCC3)ccc2c(=O)n1-c1ccc(NC(=O)NS(=O)(=O)c2ccc(Cl)s2)cn1. The normalized spacial score (nSPS) is 14.2. The fourth-order valence-corrected chi connectivity index (χ4v) is 6.79. The number of halogens is 1. The summed E-state index contributed by atoms with van der Waals surface area (Å²) in [7, 11) is -4.07. The zero-order valence-electron chi connectivity index (χ0n) is 22.1. The summed E-state index contributed by atoms with van der Waals surface area (Å²) in [5.41, 5.74) is 1.41. The summed E-state index contributed by atoms with van der Waals surface area (Å²) in [4.78, 5) is 36.9. The number of aromatic nitrogens is 3. The lowest BCUT2D eigenvalue weighted by molar-refractivity contribution is 0.0378. The van der Waals surface area contributed by atoms with Gasteiger partial charge in [0.2, 0.25) is 0 Å². The van der Waals surface area contributed by atoms with Gasteiger partial charge in [-0.05, 0) is 62.4 Å². The topological polar surface area (TPSA) is 148 Å². The first-order valence-electron chi connectivity index (χ1n) is 12.8. The molecule has 0 bridgehead atoms. The minimum absolute atomic E-state index is 0.0866. The fourth-order valence-electron chi connectivity index (χ4n) is 4.40. The van der Waals surface area contributed by atoms with E-state index in [1.807, 2.05) is 16.9 Å². The molecule has 4 heterocycles. The molecule has 0 radical (unpaired) electrons. The third-order valence-corrected chi connectivity index (χ3v) is 9.45. The van der Waals surface area contributed by atoms with Crippen molar-refractivity contribution in [3.63, 3.8) is 0 Å². The first-order valence-corrected chi connectivity index (χ1v) is 15.5. The Morgan fingerprint density at radius 3 is 2.61 bits per heavy atom. The molecule has 0 saturated carbocycles. The number of fused-ring (bicyclic) bond motifs is 1. The van der Waals surface area contributed by atoms with Crippen LogP contribution in [0.5, 0.6) is 0 Å². The summed E-state index contributed by atoms with van der Waals surface area (Å²) in [5.74, 6) is 0.748. The van der Waals surface area contributed by atoms with Gasteiger partial charge in [-0.3, -0.25) is 9.69 Å². The molecule has 1 aromatic carbocycles. The molecule has 0 spiro atoms. The van der Waals surface area contributed by atoms with Crippen molar-refractivity contribution in [2.24, 2.45) is 0 Å². The number of hydrogen-bond donors (Lipinski definition) is 3. The van der Waals surface area contributed by atoms with Crippen molar-refractivity contribution in [3.8, 4) is 5.82 Å². The molecule has 0 aliphatic carbocycles. The number of pyridine rings is 1. The van der Waals surface area contributed by atoms with Gasteiger partial charge in [-0.2, -0.15) is 0 Å². The smallest absolute Gasteiger partial charge is 0.333 e. The summed E-state index contributed by atoms with van der Waals surface area (Å²) < 4.78 is 33.5. The van der Waals surface area contributed by atoms with E-state index in [2.05, 4.69) is 25.5 Å². The third kappa shape index (κ3) is 7.02. The van der Waals surface area contributed by atoms with E-state index >= 15 is 0 Å². The average Bonchev–Trinajstić information content (AvgIpc) is 3.39. The Bertz CT molecular complexity index is 1720. The van der Waals surface area contributed by atoms with Crippen molar-refractivity contribution in [1.29, 1.82) is 0 Å². The quantitative estimate of drug-likeness (QED) is 0.240. The molecule has 1 aliphatic heterocycles. The number of morpholine rings is 1. The number of thiophene rings is 1. The first kappa shape index (κ1) is 29.0. The van der Waals surface area contributed by atoms with Gasteiger partial charge in [0.25, 0.3) is 15.6 Å². The van der Waals surface area contributed by atoms with E-state index in [1.165, 1.54) is 35.0 Å². The molecular formula is C26H28ClN7O5S2. The number of rotatable bonds is 9. The van der Waals surface area contributed by atoms with Crippen LogP contribution in [0, 0.1) is 6.92 Å². The van der Waals surface area contributed by atoms with Gasteiger partial charge in [-0.25, -0.2) is 32.5 Å². The van der Waals surface area contributed by atoms with Crippen molar-refractivity contribution in [1.82, 2.24) is 24.2 Å². The van der Waals surface area contributed by atoms with E-state index in [9.17, 15) is 18.0 Å². The van der Waals surface area contributed by atoms with Gasteiger partial charge in [0.15, 0.2) is 0 Å². The van der Waals surface area contributed by atoms with Crippen LogP contribution < -0.4 is 20.9 Å². The second-order valence-corrected chi connectivity index (χ2v) is 12.9. The molecule has 3 N–H and O–H groups in total. The molecule has 0 unspecified atom stereocenters. The summed E-state index contributed by atoms with van der Waals surface area (Å²) >= 11 is 6.62. The van der Waals surface area contributed by atoms with Crippen LogP contribution in [0.3, 0.4) is 0 Å². The molecule has 4 aromatic rings. The van der Waals surface area contributed by atoms with Crippen molar-refractivity contribution in [2.45, 2.75) is 17.6 Å².